The van der Waals surface area contributed by atoms with E-state index in [4.69, 9.17) is 4.98 Å². The summed E-state index contributed by atoms with van der Waals surface area (Å²) in [6.45, 7) is 10.4. The van der Waals surface area contributed by atoms with E-state index in [2.05, 4.69) is 47.7 Å². The quantitative estimate of drug-likeness (QED) is 0.375. The molecule has 2 heterocycles. The number of carbonyl (C=O) groups excluding carboxylic acids is 1. The van der Waals surface area contributed by atoms with Gasteiger partial charge in [0.25, 0.3) is 0 Å². The number of aromatic amines is 1. The third kappa shape index (κ3) is 4.28. The lowest BCUT2D eigenvalue weighted by atomic mass is 9.89. The van der Waals surface area contributed by atoms with Gasteiger partial charge in [0.2, 0.25) is 0 Å². The van der Waals surface area contributed by atoms with Crippen LogP contribution in [0.5, 0.6) is 0 Å². The fourth-order valence-electron chi connectivity index (χ4n) is 3.46. The van der Waals surface area contributed by atoms with Crippen molar-refractivity contribution in [3.8, 4) is 11.1 Å². The largest absolute Gasteiger partial charge is 0.323 e. The number of hydrogen-bond donors (Lipinski definition) is 3. The van der Waals surface area contributed by atoms with Crippen LogP contribution in [-0.4, -0.2) is 21.2 Å². The van der Waals surface area contributed by atoms with Crippen LogP contribution in [0.15, 0.2) is 54.7 Å². The van der Waals surface area contributed by atoms with Gasteiger partial charge < -0.3 is 10.6 Å². The van der Waals surface area contributed by atoms with E-state index in [0.717, 1.165) is 50.4 Å². The van der Waals surface area contributed by atoms with Crippen LogP contribution < -0.4 is 10.6 Å². The van der Waals surface area contributed by atoms with Gasteiger partial charge in [-0.15, -0.1) is 0 Å². The maximum absolute atomic E-state index is 12.5. The third-order valence-electron chi connectivity index (χ3n) is 5.50. The molecule has 0 atom stereocenters. The van der Waals surface area contributed by atoms with Gasteiger partial charge in [-0.25, -0.2) is 9.78 Å². The van der Waals surface area contributed by atoms with Crippen LogP contribution in [0.1, 0.15) is 37.6 Å². The van der Waals surface area contributed by atoms with Crippen molar-refractivity contribution in [1.29, 1.82) is 0 Å². The summed E-state index contributed by atoms with van der Waals surface area (Å²) in [5.41, 5.74) is 7.52. The SMILES string of the molecule is Cc1cccc(NC(=O)Nc2ccc(-c3cc(C(C)(C)C)nc4[nH]ncc34)cc2)c1C. The number of amides is 2. The predicted molar refractivity (Wildman–Crippen MR) is 127 cm³/mol. The van der Waals surface area contributed by atoms with Crippen molar-refractivity contribution in [2.24, 2.45) is 0 Å². The Morgan fingerprint density at radius 3 is 2.45 bits per heavy atom. The number of hydrogen-bond acceptors (Lipinski definition) is 3. The normalized spacial score (nSPS) is 11.5. The second kappa shape index (κ2) is 7.87. The Bertz CT molecular complexity index is 1250. The minimum absolute atomic E-state index is 0.0818. The van der Waals surface area contributed by atoms with Crippen LogP contribution >= 0.6 is 0 Å². The molecule has 0 saturated heterocycles. The molecular formula is C25H27N5O. The van der Waals surface area contributed by atoms with Gasteiger partial charge in [-0.05, 0) is 60.4 Å². The molecule has 2 amide bonds. The fraction of sp³-hybridized carbons (Fsp3) is 0.240. The first kappa shape index (κ1) is 20.6. The number of H-pyrrole nitrogens is 1. The lowest BCUT2D eigenvalue weighted by molar-refractivity contribution is 0.262. The number of carbonyl (C=O) groups is 1. The summed E-state index contributed by atoms with van der Waals surface area (Å²) in [6.07, 6.45) is 1.80. The van der Waals surface area contributed by atoms with E-state index in [1.807, 2.05) is 56.3 Å². The molecule has 4 rings (SSSR count). The molecule has 0 saturated carbocycles. The average Bonchev–Trinajstić information content (AvgIpc) is 3.19. The summed E-state index contributed by atoms with van der Waals surface area (Å²) < 4.78 is 0. The van der Waals surface area contributed by atoms with E-state index in [9.17, 15) is 4.79 Å². The zero-order valence-corrected chi connectivity index (χ0v) is 18.5. The van der Waals surface area contributed by atoms with Gasteiger partial charge >= 0.3 is 6.03 Å². The summed E-state index contributed by atoms with van der Waals surface area (Å²) in [5, 5.41) is 13.9. The summed E-state index contributed by atoms with van der Waals surface area (Å²) in [7, 11) is 0. The number of aryl methyl sites for hydroxylation is 1. The van der Waals surface area contributed by atoms with Crippen molar-refractivity contribution in [2.45, 2.75) is 40.0 Å². The number of aromatic nitrogens is 3. The minimum atomic E-state index is -0.266. The molecule has 158 valence electrons. The van der Waals surface area contributed by atoms with Crippen LogP contribution in [0.25, 0.3) is 22.2 Å². The van der Waals surface area contributed by atoms with Crippen molar-refractivity contribution >= 4 is 28.4 Å². The van der Waals surface area contributed by atoms with E-state index in [0.29, 0.717) is 0 Å². The zero-order chi connectivity index (χ0) is 22.2. The van der Waals surface area contributed by atoms with Gasteiger partial charge in [0.1, 0.15) is 0 Å². The molecule has 0 aliphatic carbocycles. The first-order valence-corrected chi connectivity index (χ1v) is 10.3. The van der Waals surface area contributed by atoms with Crippen LogP contribution in [0.3, 0.4) is 0 Å². The summed E-state index contributed by atoms with van der Waals surface area (Å²) in [6, 6.07) is 15.5. The van der Waals surface area contributed by atoms with E-state index < -0.39 is 0 Å². The first-order chi connectivity index (χ1) is 14.7. The van der Waals surface area contributed by atoms with Crippen molar-refractivity contribution in [3.05, 3.63) is 71.5 Å². The number of pyridine rings is 1. The number of rotatable bonds is 3. The number of anilines is 2. The second-order valence-corrected chi connectivity index (χ2v) is 8.84. The molecule has 0 spiro atoms. The molecule has 6 heteroatoms. The smallest absolute Gasteiger partial charge is 0.308 e. The van der Waals surface area contributed by atoms with Gasteiger partial charge in [0.05, 0.1) is 6.20 Å². The fourth-order valence-corrected chi connectivity index (χ4v) is 3.46. The molecule has 0 unspecified atom stereocenters. The highest BCUT2D eigenvalue weighted by Gasteiger charge is 2.19. The highest BCUT2D eigenvalue weighted by molar-refractivity contribution is 6.00. The molecule has 0 aliphatic rings. The number of nitrogens with zero attached hydrogens (tertiary/aromatic N) is 2. The Morgan fingerprint density at radius 1 is 1.00 bits per heavy atom. The second-order valence-electron chi connectivity index (χ2n) is 8.84. The molecule has 2 aromatic heterocycles. The van der Waals surface area contributed by atoms with E-state index >= 15 is 0 Å². The van der Waals surface area contributed by atoms with Crippen molar-refractivity contribution < 1.29 is 4.79 Å². The Labute approximate surface area is 182 Å². The Hall–Kier alpha value is -3.67. The van der Waals surface area contributed by atoms with Gasteiger partial charge in [-0.2, -0.15) is 5.10 Å². The minimum Gasteiger partial charge on any atom is -0.308 e. The molecular weight excluding hydrogens is 386 g/mol. The number of fused-ring (bicyclic) bond motifs is 1. The monoisotopic (exact) mass is 413 g/mol. The Balaban J connectivity index is 1.57. The van der Waals surface area contributed by atoms with Crippen molar-refractivity contribution in [3.63, 3.8) is 0 Å². The Morgan fingerprint density at radius 2 is 1.74 bits per heavy atom. The number of nitrogens with one attached hydrogen (secondary N) is 3. The maximum atomic E-state index is 12.5. The Kier molecular flexibility index (Phi) is 5.23. The molecule has 0 aliphatic heterocycles. The van der Waals surface area contributed by atoms with E-state index in [-0.39, 0.29) is 11.4 Å². The van der Waals surface area contributed by atoms with Gasteiger partial charge in [0, 0.05) is 27.9 Å². The van der Waals surface area contributed by atoms with Gasteiger partial charge in [-0.1, -0.05) is 45.0 Å². The summed E-state index contributed by atoms with van der Waals surface area (Å²) in [5.74, 6) is 0. The first-order valence-electron chi connectivity index (χ1n) is 10.3. The predicted octanol–water partition coefficient (Wildman–Crippen LogP) is 6.18. The average molecular weight is 414 g/mol. The number of benzene rings is 2. The molecule has 2 aromatic carbocycles. The van der Waals surface area contributed by atoms with Crippen molar-refractivity contribution in [2.75, 3.05) is 10.6 Å². The lowest BCUT2D eigenvalue weighted by Gasteiger charge is -2.19. The van der Waals surface area contributed by atoms with E-state index in [1.165, 1.54) is 0 Å². The third-order valence-corrected chi connectivity index (χ3v) is 5.50. The zero-order valence-electron chi connectivity index (χ0n) is 18.5. The molecule has 6 nitrogen and oxygen atoms in total. The maximum Gasteiger partial charge on any atom is 0.323 e. The molecule has 0 radical (unpaired) electrons. The topological polar surface area (TPSA) is 82.7 Å². The molecule has 4 aromatic rings. The van der Waals surface area contributed by atoms with E-state index in [1.54, 1.807) is 6.20 Å². The van der Waals surface area contributed by atoms with Crippen LogP contribution in [-0.2, 0) is 5.41 Å². The standard InChI is InChI=1S/C25H27N5O/c1-15-7-6-8-21(16(15)2)28-24(31)27-18-11-9-17(10-12-18)19-13-22(25(3,4)5)29-23-20(19)14-26-30-23/h6-14H,1-5H3,(H,26,29,30)(H2,27,28,31). The highest BCUT2D eigenvalue weighted by Crippen LogP contribution is 2.32. The summed E-state index contributed by atoms with van der Waals surface area (Å²) >= 11 is 0. The van der Waals surface area contributed by atoms with Crippen LogP contribution in [0.4, 0.5) is 16.2 Å². The lowest BCUT2D eigenvalue weighted by Crippen LogP contribution is -2.20. The summed E-state index contributed by atoms with van der Waals surface area (Å²) in [4.78, 5) is 17.2. The van der Waals surface area contributed by atoms with Crippen LogP contribution in [0.2, 0.25) is 0 Å². The van der Waals surface area contributed by atoms with Gasteiger partial charge in [-0.3, -0.25) is 5.10 Å². The molecule has 0 fully saturated rings. The number of urea groups is 1. The van der Waals surface area contributed by atoms with Crippen molar-refractivity contribution in [1.82, 2.24) is 15.2 Å². The molecule has 31 heavy (non-hydrogen) atoms. The highest BCUT2D eigenvalue weighted by atomic mass is 16.2. The molecule has 3 N–H and O–H groups in total. The van der Waals surface area contributed by atoms with Gasteiger partial charge in [0.15, 0.2) is 5.65 Å². The van der Waals surface area contributed by atoms with Crippen LogP contribution in [0, 0.1) is 13.8 Å². The molecule has 0 bridgehead atoms.